The Morgan fingerprint density at radius 2 is 2.10 bits per heavy atom. The number of benzene rings is 1. The van der Waals surface area contributed by atoms with Gasteiger partial charge in [-0.2, -0.15) is 0 Å². The molecule has 0 spiro atoms. The van der Waals surface area contributed by atoms with Crippen LogP contribution in [-0.4, -0.2) is 41.1 Å². The normalized spacial score (nSPS) is 20.9. The molecular weight excluding hydrogens is 301 g/mol. The van der Waals surface area contributed by atoms with Gasteiger partial charge in [0.05, 0.1) is 27.9 Å². The molecule has 1 heterocycles. The van der Waals surface area contributed by atoms with Gasteiger partial charge in [-0.05, 0) is 25.5 Å². The Balaban J connectivity index is 2.08. The van der Waals surface area contributed by atoms with E-state index in [-0.39, 0.29) is 18.1 Å². The summed E-state index contributed by atoms with van der Waals surface area (Å²) in [4.78, 5) is 14.1. The van der Waals surface area contributed by atoms with Gasteiger partial charge in [0, 0.05) is 18.8 Å². The average Bonchev–Trinajstić information content (AvgIpc) is 2.79. The van der Waals surface area contributed by atoms with Crippen molar-refractivity contribution in [3.63, 3.8) is 0 Å². The summed E-state index contributed by atoms with van der Waals surface area (Å²) in [6.07, 6.45) is 0.315. The monoisotopic (exact) mass is 317 g/mol. The first kappa shape index (κ1) is 15.4. The third kappa shape index (κ3) is 3.35. The molecule has 0 aromatic heterocycles. The molecular formula is C13H17Cl2N3O2. The zero-order valence-corrected chi connectivity index (χ0v) is 12.6. The second-order valence-corrected chi connectivity index (χ2v) is 5.78. The number of aliphatic hydroxyl groups is 1. The first-order valence-electron chi connectivity index (χ1n) is 6.36. The third-order valence-electron chi connectivity index (χ3n) is 3.43. The van der Waals surface area contributed by atoms with Crippen LogP contribution in [0.5, 0.6) is 0 Å². The molecule has 7 heteroatoms. The van der Waals surface area contributed by atoms with Gasteiger partial charge in [-0.3, -0.25) is 9.69 Å². The van der Waals surface area contributed by atoms with Crippen LogP contribution in [-0.2, 0) is 4.79 Å². The minimum Gasteiger partial charge on any atom is -0.399 e. The number of hydrogen-bond donors (Lipinski definition) is 3. The number of nitrogens with one attached hydrogen (secondary N) is 1. The molecule has 1 amide bonds. The van der Waals surface area contributed by atoms with E-state index in [1.54, 1.807) is 6.92 Å². The van der Waals surface area contributed by atoms with Crippen LogP contribution in [0.3, 0.4) is 0 Å². The number of β-amino-alcohol motifs (C(OH)–C–C–N with tert-alkyl or cyclic N) is 1. The van der Waals surface area contributed by atoms with E-state index < -0.39 is 0 Å². The quantitative estimate of drug-likeness (QED) is 0.745. The molecule has 2 unspecified atom stereocenters. The summed E-state index contributed by atoms with van der Waals surface area (Å²) in [5, 5.41) is 12.8. The zero-order chi connectivity index (χ0) is 14.9. The van der Waals surface area contributed by atoms with Crippen LogP contribution >= 0.6 is 23.2 Å². The molecule has 2 atom stereocenters. The molecule has 0 bridgehead atoms. The maximum atomic E-state index is 12.2. The number of rotatable bonds is 3. The number of amides is 1. The molecule has 1 aromatic rings. The molecule has 20 heavy (non-hydrogen) atoms. The van der Waals surface area contributed by atoms with E-state index >= 15 is 0 Å². The summed E-state index contributed by atoms with van der Waals surface area (Å²) in [6, 6.07) is 2.71. The summed E-state index contributed by atoms with van der Waals surface area (Å²) in [5.74, 6) is -0.215. The van der Waals surface area contributed by atoms with Crippen LogP contribution in [0.15, 0.2) is 12.1 Å². The van der Waals surface area contributed by atoms with Crippen LogP contribution in [0.2, 0.25) is 10.0 Å². The SMILES string of the molecule is CC(C(=O)Nc1c(Cl)cc(N)cc1Cl)N1CCC(O)C1. The van der Waals surface area contributed by atoms with Crippen molar-refractivity contribution in [2.24, 2.45) is 0 Å². The van der Waals surface area contributed by atoms with Crippen LogP contribution in [0.1, 0.15) is 13.3 Å². The highest BCUT2D eigenvalue weighted by Gasteiger charge is 2.29. The molecule has 1 fully saturated rings. The van der Waals surface area contributed by atoms with Crippen molar-refractivity contribution in [2.45, 2.75) is 25.5 Å². The molecule has 5 nitrogen and oxygen atoms in total. The smallest absolute Gasteiger partial charge is 0.241 e. The number of hydrogen-bond acceptors (Lipinski definition) is 4. The van der Waals surface area contributed by atoms with Gasteiger partial charge in [0.15, 0.2) is 0 Å². The van der Waals surface area contributed by atoms with Gasteiger partial charge < -0.3 is 16.2 Å². The Bertz CT molecular complexity index is 501. The molecule has 0 radical (unpaired) electrons. The predicted molar refractivity (Wildman–Crippen MR) is 81.2 cm³/mol. The van der Waals surface area contributed by atoms with Crippen molar-refractivity contribution in [3.8, 4) is 0 Å². The van der Waals surface area contributed by atoms with Gasteiger partial charge in [0.1, 0.15) is 0 Å². The Morgan fingerprint density at radius 1 is 1.50 bits per heavy atom. The highest BCUT2D eigenvalue weighted by Crippen LogP contribution is 2.33. The Labute approximate surface area is 127 Å². The first-order chi connectivity index (χ1) is 9.38. The average molecular weight is 318 g/mol. The number of likely N-dealkylation sites (tertiary alicyclic amines) is 1. The van der Waals surface area contributed by atoms with Crippen molar-refractivity contribution >= 4 is 40.5 Å². The van der Waals surface area contributed by atoms with Crippen LogP contribution in [0.4, 0.5) is 11.4 Å². The first-order valence-corrected chi connectivity index (χ1v) is 7.11. The van der Waals surface area contributed by atoms with Crippen molar-refractivity contribution in [2.75, 3.05) is 24.1 Å². The number of nitrogens with zero attached hydrogens (tertiary/aromatic N) is 1. The standard InChI is InChI=1S/C13H17Cl2N3O2/c1-7(18-3-2-9(19)6-18)13(20)17-12-10(14)4-8(16)5-11(12)15/h4-5,7,9,19H,2-3,6,16H2,1H3,(H,17,20). The lowest BCUT2D eigenvalue weighted by Crippen LogP contribution is -2.41. The number of carbonyl (C=O) groups excluding carboxylic acids is 1. The third-order valence-corrected chi connectivity index (χ3v) is 4.03. The van der Waals surface area contributed by atoms with E-state index in [2.05, 4.69) is 5.32 Å². The van der Waals surface area contributed by atoms with Crippen molar-refractivity contribution in [1.82, 2.24) is 4.90 Å². The molecule has 4 N–H and O–H groups in total. The molecule has 1 aliphatic heterocycles. The van der Waals surface area contributed by atoms with Crippen LogP contribution in [0, 0.1) is 0 Å². The fourth-order valence-corrected chi connectivity index (χ4v) is 2.82. The highest BCUT2D eigenvalue weighted by molar-refractivity contribution is 6.40. The summed E-state index contributed by atoms with van der Waals surface area (Å²) >= 11 is 12.1. The van der Waals surface area contributed by atoms with E-state index in [4.69, 9.17) is 28.9 Å². The number of nitrogens with two attached hydrogens (primary N) is 1. The maximum absolute atomic E-state index is 12.2. The van der Waals surface area contributed by atoms with Gasteiger partial charge >= 0.3 is 0 Å². The summed E-state index contributed by atoms with van der Waals surface area (Å²) in [5.41, 5.74) is 6.42. The lowest BCUT2D eigenvalue weighted by atomic mass is 10.2. The minimum absolute atomic E-state index is 0.215. The number of halogens is 2. The molecule has 1 aliphatic rings. The highest BCUT2D eigenvalue weighted by atomic mass is 35.5. The van der Waals surface area contributed by atoms with Gasteiger partial charge in [0.2, 0.25) is 5.91 Å². The van der Waals surface area contributed by atoms with Crippen molar-refractivity contribution < 1.29 is 9.90 Å². The van der Waals surface area contributed by atoms with E-state index in [1.807, 2.05) is 4.90 Å². The van der Waals surface area contributed by atoms with E-state index in [9.17, 15) is 9.90 Å². The topological polar surface area (TPSA) is 78.6 Å². The summed E-state index contributed by atoms with van der Waals surface area (Å²) in [6.45, 7) is 2.98. The lowest BCUT2D eigenvalue weighted by molar-refractivity contribution is -0.120. The predicted octanol–water partition coefficient (Wildman–Crippen LogP) is 1.97. The van der Waals surface area contributed by atoms with Gasteiger partial charge in [-0.1, -0.05) is 23.2 Å². The van der Waals surface area contributed by atoms with Crippen LogP contribution < -0.4 is 11.1 Å². The summed E-state index contributed by atoms with van der Waals surface area (Å²) < 4.78 is 0. The minimum atomic E-state index is -0.367. The van der Waals surface area contributed by atoms with Crippen molar-refractivity contribution in [3.05, 3.63) is 22.2 Å². The number of nitrogen functional groups attached to an aromatic ring is 1. The summed E-state index contributed by atoms with van der Waals surface area (Å²) in [7, 11) is 0. The fraction of sp³-hybridized carbons (Fsp3) is 0.462. The van der Waals surface area contributed by atoms with Crippen LogP contribution in [0.25, 0.3) is 0 Å². The molecule has 1 saturated heterocycles. The number of carbonyl (C=O) groups is 1. The molecule has 110 valence electrons. The zero-order valence-electron chi connectivity index (χ0n) is 11.1. The number of aliphatic hydroxyl groups excluding tert-OH is 1. The Morgan fingerprint density at radius 3 is 2.60 bits per heavy atom. The van der Waals surface area contributed by atoms with Gasteiger partial charge in [-0.25, -0.2) is 0 Å². The van der Waals surface area contributed by atoms with E-state index in [0.717, 1.165) is 0 Å². The maximum Gasteiger partial charge on any atom is 0.241 e. The van der Waals surface area contributed by atoms with Gasteiger partial charge in [-0.15, -0.1) is 0 Å². The second-order valence-electron chi connectivity index (χ2n) is 4.96. The fourth-order valence-electron chi connectivity index (χ4n) is 2.23. The Hall–Kier alpha value is -1.01. The Kier molecular flexibility index (Phi) is 4.75. The van der Waals surface area contributed by atoms with Crippen molar-refractivity contribution in [1.29, 1.82) is 0 Å². The second kappa shape index (κ2) is 6.18. The van der Waals surface area contributed by atoms with E-state index in [0.29, 0.717) is 40.9 Å². The molecule has 2 rings (SSSR count). The molecule has 0 saturated carbocycles. The molecule has 1 aromatic carbocycles. The van der Waals surface area contributed by atoms with E-state index in [1.165, 1.54) is 12.1 Å². The number of anilines is 2. The lowest BCUT2D eigenvalue weighted by Gasteiger charge is -2.23. The largest absolute Gasteiger partial charge is 0.399 e. The molecule has 0 aliphatic carbocycles. The van der Waals surface area contributed by atoms with Gasteiger partial charge in [0.25, 0.3) is 0 Å².